The van der Waals surface area contributed by atoms with Gasteiger partial charge in [-0.1, -0.05) is 206 Å². The van der Waals surface area contributed by atoms with Gasteiger partial charge in [0, 0.05) is 0 Å². The highest BCUT2D eigenvalue weighted by Gasteiger charge is 2.35. The zero-order valence-corrected chi connectivity index (χ0v) is 43.3. The lowest BCUT2D eigenvalue weighted by molar-refractivity contribution is 0.627. The van der Waals surface area contributed by atoms with Crippen molar-refractivity contribution in [1.82, 2.24) is 0 Å². The fourth-order valence-corrected chi connectivity index (χ4v) is 15.0. The summed E-state index contributed by atoms with van der Waals surface area (Å²) in [4.78, 5) is 0. The molecule has 0 N–H and O–H groups in total. The van der Waals surface area contributed by atoms with E-state index in [0.717, 1.165) is 71.6 Å². The Bertz CT molecular complexity index is 5380. The largest absolute Gasteiger partial charge is 0.207 e. The third-order valence-electron chi connectivity index (χ3n) is 18.0. The van der Waals surface area contributed by atoms with Gasteiger partial charge in [-0.2, -0.15) is 0 Å². The number of fused-ring (bicyclic) bond motifs is 11. The van der Waals surface area contributed by atoms with Crippen LogP contribution in [0.2, 0.25) is 0 Å². The van der Waals surface area contributed by atoms with Crippen LogP contribution in [0.15, 0.2) is 249 Å². The lowest BCUT2D eigenvalue weighted by atomic mass is 9.82. The van der Waals surface area contributed by atoms with Crippen LogP contribution >= 0.6 is 0 Å². The maximum Gasteiger partial charge on any atom is 0.123 e. The highest BCUT2D eigenvalue weighted by molar-refractivity contribution is 6.50. The lowest BCUT2D eigenvalue weighted by Crippen LogP contribution is -1.95. The topological polar surface area (TPSA) is 0 Å². The molecule has 17 aromatic carbocycles. The van der Waals surface area contributed by atoms with Crippen molar-refractivity contribution in [3.63, 3.8) is 0 Å². The van der Waals surface area contributed by atoms with E-state index in [4.69, 9.17) is 0 Å². The van der Waals surface area contributed by atoms with Crippen LogP contribution in [0.5, 0.6) is 0 Å². The quantitative estimate of drug-likeness (QED) is 0.115. The number of hydrogen-bond acceptors (Lipinski definition) is 0. The normalized spacial score (nSPS) is 12.4. The van der Waals surface area contributed by atoms with E-state index in [1.54, 1.807) is 30.3 Å². The standard InChI is InChI=1S/C78H41F3/c79-48-23-10-20-45(38-48)63-41-64(46-21-11-24-49(80)39-46)73-57-34-35-61-72-62(37-36-58(70(57)72)74(73)65(63)47-22-12-25-50(81)40-47)78-67(44-18-8-3-9-19-44)75-59-32-30-55-53-27-13-26-52-51(42-14-4-1-5-15-42)28-29-54(68(52)53)56-31-33-60(71(59)69(55)56)76(75)66(77(61)78)43-16-6-2-7-17-43/h1-41H. The molecule has 0 aliphatic heterocycles. The first-order valence-electron chi connectivity index (χ1n) is 27.6. The molecule has 0 saturated heterocycles. The summed E-state index contributed by atoms with van der Waals surface area (Å²) in [6.07, 6.45) is 0. The smallest absolute Gasteiger partial charge is 0.123 e. The summed E-state index contributed by atoms with van der Waals surface area (Å²) < 4.78 is 46.8. The van der Waals surface area contributed by atoms with Crippen LogP contribution in [-0.4, -0.2) is 0 Å². The molecule has 0 amide bonds. The first-order valence-corrected chi connectivity index (χ1v) is 27.6. The zero-order chi connectivity index (χ0) is 53.4. The van der Waals surface area contributed by atoms with Gasteiger partial charge in [-0.05, 0) is 228 Å². The van der Waals surface area contributed by atoms with Crippen LogP contribution in [0.1, 0.15) is 0 Å². The van der Waals surface area contributed by atoms with Gasteiger partial charge in [-0.25, -0.2) is 13.2 Å². The van der Waals surface area contributed by atoms with Gasteiger partial charge >= 0.3 is 0 Å². The van der Waals surface area contributed by atoms with Crippen LogP contribution < -0.4 is 0 Å². The molecule has 0 fully saturated rings. The summed E-state index contributed by atoms with van der Waals surface area (Å²) in [6, 6.07) is 84.8. The highest BCUT2D eigenvalue weighted by Crippen LogP contribution is 2.63. The third kappa shape index (κ3) is 5.99. The molecule has 0 unspecified atom stereocenters. The van der Waals surface area contributed by atoms with Gasteiger partial charge in [-0.15, -0.1) is 0 Å². The van der Waals surface area contributed by atoms with E-state index in [2.05, 4.69) is 176 Å². The SMILES string of the molecule is Fc1cccc(-c2cc(-c3cccc(F)c3)c3c(c2-c2cccc(F)c2)-c2ccc4c5c(-c6ccccc6)c6c7ccc8c9cccc%10c(-c%11ccccc%11)ccc(c%11ccc(c6c(-c6ccccc6)c5c5ccc-3c2c54)c7c%118)c%109)c1. The molecule has 0 heterocycles. The minimum atomic E-state index is -0.382. The number of benzene rings is 15. The summed E-state index contributed by atoms with van der Waals surface area (Å²) in [5.41, 5.74) is 15.3. The van der Waals surface area contributed by atoms with Gasteiger partial charge in [0.1, 0.15) is 17.5 Å². The van der Waals surface area contributed by atoms with Gasteiger partial charge in [0.2, 0.25) is 0 Å². The first kappa shape index (κ1) is 44.6. The molecule has 1 aliphatic carbocycles. The molecular formula is C78H41F3. The van der Waals surface area contributed by atoms with Crippen molar-refractivity contribution in [3.05, 3.63) is 266 Å². The van der Waals surface area contributed by atoms with Crippen molar-refractivity contribution in [2.75, 3.05) is 0 Å². The average molecular weight is 1040 g/mol. The molecule has 17 aromatic rings. The van der Waals surface area contributed by atoms with Gasteiger partial charge in [0.15, 0.2) is 0 Å². The Morgan fingerprint density at radius 1 is 0.160 bits per heavy atom. The molecule has 0 saturated carbocycles. The van der Waals surface area contributed by atoms with Crippen LogP contribution in [0.4, 0.5) is 13.2 Å². The molecule has 0 spiro atoms. The molecule has 0 bridgehead atoms. The molecular weight excluding hydrogens is 994 g/mol. The Morgan fingerprint density at radius 3 is 1.06 bits per heavy atom. The van der Waals surface area contributed by atoms with Crippen molar-refractivity contribution in [1.29, 1.82) is 0 Å². The Hall–Kier alpha value is -10.4. The molecule has 18 rings (SSSR count). The minimum Gasteiger partial charge on any atom is -0.207 e. The van der Waals surface area contributed by atoms with E-state index < -0.39 is 0 Å². The second-order valence-electron chi connectivity index (χ2n) is 22.0. The van der Waals surface area contributed by atoms with Gasteiger partial charge in [0.25, 0.3) is 0 Å². The molecule has 81 heavy (non-hydrogen) atoms. The molecule has 0 atom stereocenters. The molecule has 0 aromatic heterocycles. The van der Waals surface area contributed by atoms with Crippen molar-refractivity contribution in [2.45, 2.75) is 0 Å². The predicted molar refractivity (Wildman–Crippen MR) is 334 cm³/mol. The lowest BCUT2D eigenvalue weighted by Gasteiger charge is -2.21. The fourth-order valence-electron chi connectivity index (χ4n) is 15.0. The van der Waals surface area contributed by atoms with Crippen LogP contribution in [0.25, 0.3) is 186 Å². The Kier molecular flexibility index (Phi) is 9.01. The number of halogens is 3. The highest BCUT2D eigenvalue weighted by atomic mass is 19.1. The summed E-state index contributed by atoms with van der Waals surface area (Å²) >= 11 is 0. The van der Waals surface area contributed by atoms with Crippen molar-refractivity contribution < 1.29 is 13.2 Å². The van der Waals surface area contributed by atoms with E-state index in [0.29, 0.717) is 16.7 Å². The second kappa shape index (κ2) is 16.4. The molecule has 0 radical (unpaired) electrons. The fraction of sp³-hybridized carbons (Fsp3) is 0. The van der Waals surface area contributed by atoms with Crippen molar-refractivity contribution >= 4 is 97.0 Å². The summed E-state index contributed by atoms with van der Waals surface area (Å²) in [7, 11) is 0. The monoisotopic (exact) mass is 1030 g/mol. The zero-order valence-electron chi connectivity index (χ0n) is 43.3. The molecule has 1 aliphatic rings. The Labute approximate surface area is 462 Å². The van der Waals surface area contributed by atoms with E-state index in [-0.39, 0.29) is 17.5 Å². The number of rotatable bonds is 6. The van der Waals surface area contributed by atoms with Crippen LogP contribution in [-0.2, 0) is 0 Å². The van der Waals surface area contributed by atoms with Crippen LogP contribution in [0, 0.1) is 17.5 Å². The minimum absolute atomic E-state index is 0.356. The van der Waals surface area contributed by atoms with E-state index in [1.165, 1.54) is 122 Å². The van der Waals surface area contributed by atoms with Gasteiger partial charge < -0.3 is 0 Å². The Balaban J connectivity index is 1.02. The van der Waals surface area contributed by atoms with Gasteiger partial charge in [-0.3, -0.25) is 0 Å². The second-order valence-corrected chi connectivity index (χ2v) is 22.0. The molecule has 374 valence electrons. The average Bonchev–Trinajstić information content (AvgIpc) is 2.28. The summed E-state index contributed by atoms with van der Waals surface area (Å²) in [5, 5.41) is 21.9. The third-order valence-corrected chi connectivity index (χ3v) is 18.0. The maximum absolute atomic E-state index is 15.7. The van der Waals surface area contributed by atoms with E-state index >= 15 is 13.2 Å². The predicted octanol–water partition coefficient (Wildman–Crippen LogP) is 22.4. The summed E-state index contributed by atoms with van der Waals surface area (Å²) in [5.74, 6) is -1.11. The summed E-state index contributed by atoms with van der Waals surface area (Å²) in [6.45, 7) is 0. The molecule has 3 heteroatoms. The maximum atomic E-state index is 15.7. The number of hydrogen-bond donors (Lipinski definition) is 0. The van der Waals surface area contributed by atoms with Gasteiger partial charge in [0.05, 0.1) is 0 Å². The van der Waals surface area contributed by atoms with Crippen LogP contribution in [0.3, 0.4) is 0 Å². The van der Waals surface area contributed by atoms with Crippen molar-refractivity contribution in [2.24, 2.45) is 0 Å². The van der Waals surface area contributed by atoms with E-state index in [9.17, 15) is 0 Å². The van der Waals surface area contributed by atoms with Crippen molar-refractivity contribution in [3.8, 4) is 89.0 Å². The molecule has 0 nitrogen and oxygen atoms in total. The Morgan fingerprint density at radius 2 is 0.519 bits per heavy atom. The first-order chi connectivity index (χ1) is 40.0. The van der Waals surface area contributed by atoms with E-state index in [1.807, 2.05) is 18.2 Å².